The first-order valence-corrected chi connectivity index (χ1v) is 13.3. The maximum atomic E-state index is 12.8. The number of fused-ring (bicyclic) bond motifs is 1. The van der Waals surface area contributed by atoms with Gasteiger partial charge in [-0.15, -0.1) is 0 Å². The molecule has 6 nitrogen and oxygen atoms in total. The molecule has 3 heterocycles. The molecule has 0 spiro atoms. The third kappa shape index (κ3) is 6.03. The SMILES string of the molecule is CC(C)c1cc(N)cc2nc(-c3ccc(C(O)CCC4CCN(c5ccc(C(F)(F)F)cn5)CC4)cc3)oc12. The monoisotopic (exact) mass is 538 g/mol. The van der Waals surface area contributed by atoms with E-state index in [1.54, 1.807) is 0 Å². The number of hydrogen-bond donors (Lipinski definition) is 2. The van der Waals surface area contributed by atoms with Crippen LogP contribution in [0.1, 0.15) is 68.2 Å². The average molecular weight is 539 g/mol. The summed E-state index contributed by atoms with van der Waals surface area (Å²) in [4.78, 5) is 10.7. The highest BCUT2D eigenvalue weighted by molar-refractivity contribution is 5.83. The Morgan fingerprint density at radius 2 is 1.79 bits per heavy atom. The van der Waals surface area contributed by atoms with Crippen molar-refractivity contribution in [2.45, 2.75) is 57.7 Å². The van der Waals surface area contributed by atoms with Crippen LogP contribution in [0, 0.1) is 5.92 Å². The van der Waals surface area contributed by atoms with Crippen LogP contribution in [0.3, 0.4) is 0 Å². The van der Waals surface area contributed by atoms with Gasteiger partial charge in [-0.25, -0.2) is 9.97 Å². The lowest BCUT2D eigenvalue weighted by atomic mass is 9.89. The van der Waals surface area contributed by atoms with E-state index in [9.17, 15) is 18.3 Å². The van der Waals surface area contributed by atoms with E-state index in [4.69, 9.17) is 10.2 Å². The molecule has 2 aromatic carbocycles. The van der Waals surface area contributed by atoms with Crippen molar-refractivity contribution < 1.29 is 22.7 Å². The minimum atomic E-state index is -4.38. The molecule has 3 N–H and O–H groups in total. The molecule has 0 radical (unpaired) electrons. The average Bonchev–Trinajstić information content (AvgIpc) is 3.35. The predicted molar refractivity (Wildman–Crippen MR) is 146 cm³/mol. The zero-order chi connectivity index (χ0) is 27.7. The first-order valence-electron chi connectivity index (χ1n) is 13.3. The van der Waals surface area contributed by atoms with E-state index in [1.165, 1.54) is 6.07 Å². The van der Waals surface area contributed by atoms with Gasteiger partial charge in [0, 0.05) is 36.1 Å². The third-order valence-electron chi connectivity index (χ3n) is 7.57. The molecule has 1 aliphatic rings. The maximum Gasteiger partial charge on any atom is 0.417 e. The zero-order valence-corrected chi connectivity index (χ0v) is 22.1. The van der Waals surface area contributed by atoms with E-state index in [1.807, 2.05) is 41.3 Å². The van der Waals surface area contributed by atoms with Crippen LogP contribution in [0.5, 0.6) is 0 Å². The lowest BCUT2D eigenvalue weighted by Gasteiger charge is -2.33. The van der Waals surface area contributed by atoms with Gasteiger partial charge in [-0.2, -0.15) is 13.2 Å². The van der Waals surface area contributed by atoms with Crippen LogP contribution in [0.2, 0.25) is 0 Å². The molecule has 0 aliphatic carbocycles. The lowest BCUT2D eigenvalue weighted by Crippen LogP contribution is -2.34. The number of rotatable bonds is 7. The van der Waals surface area contributed by atoms with Gasteiger partial charge in [0.15, 0.2) is 5.58 Å². The van der Waals surface area contributed by atoms with Gasteiger partial charge in [0.25, 0.3) is 0 Å². The normalized spacial score (nSPS) is 15.8. The van der Waals surface area contributed by atoms with Crippen LogP contribution < -0.4 is 10.6 Å². The molecular weight excluding hydrogens is 505 g/mol. The van der Waals surface area contributed by atoms with Gasteiger partial charge in [-0.1, -0.05) is 26.0 Å². The fourth-order valence-corrected chi connectivity index (χ4v) is 5.23. The van der Waals surface area contributed by atoms with Crippen molar-refractivity contribution in [2.24, 2.45) is 5.92 Å². The first-order chi connectivity index (χ1) is 18.6. The number of halogens is 3. The van der Waals surface area contributed by atoms with Crippen molar-refractivity contribution >= 4 is 22.6 Å². The summed E-state index contributed by atoms with van der Waals surface area (Å²) < 4.78 is 44.5. The maximum absolute atomic E-state index is 12.8. The summed E-state index contributed by atoms with van der Waals surface area (Å²) in [7, 11) is 0. The molecule has 1 saturated heterocycles. The fraction of sp³-hybridized carbons (Fsp3) is 0.400. The van der Waals surface area contributed by atoms with Crippen molar-refractivity contribution in [1.29, 1.82) is 0 Å². The van der Waals surface area contributed by atoms with E-state index in [0.717, 1.165) is 72.4 Å². The Kier molecular flexibility index (Phi) is 7.53. The molecule has 2 aromatic heterocycles. The number of benzene rings is 2. The van der Waals surface area contributed by atoms with Crippen LogP contribution in [0.4, 0.5) is 24.7 Å². The second-order valence-corrected chi connectivity index (χ2v) is 10.7. The minimum absolute atomic E-state index is 0.253. The first kappa shape index (κ1) is 27.0. The summed E-state index contributed by atoms with van der Waals surface area (Å²) >= 11 is 0. The van der Waals surface area contributed by atoms with Crippen molar-refractivity contribution in [1.82, 2.24) is 9.97 Å². The number of nitrogens with two attached hydrogens (primary N) is 1. The summed E-state index contributed by atoms with van der Waals surface area (Å²) in [6.07, 6.45) is -0.721. The lowest BCUT2D eigenvalue weighted by molar-refractivity contribution is -0.137. The van der Waals surface area contributed by atoms with Gasteiger partial charge in [0.1, 0.15) is 11.3 Å². The second kappa shape index (κ2) is 10.9. The Balaban J connectivity index is 1.15. The number of aliphatic hydroxyl groups is 1. The highest BCUT2D eigenvalue weighted by Gasteiger charge is 2.31. The van der Waals surface area contributed by atoms with E-state index in [0.29, 0.717) is 29.7 Å². The number of aromatic nitrogens is 2. The fourth-order valence-electron chi connectivity index (χ4n) is 5.23. The van der Waals surface area contributed by atoms with Crippen LogP contribution in [-0.2, 0) is 6.18 Å². The largest absolute Gasteiger partial charge is 0.436 e. The van der Waals surface area contributed by atoms with Crippen molar-refractivity contribution in [2.75, 3.05) is 23.7 Å². The van der Waals surface area contributed by atoms with Gasteiger partial charge in [0.05, 0.1) is 11.7 Å². The summed E-state index contributed by atoms with van der Waals surface area (Å²) in [5, 5.41) is 10.8. The summed E-state index contributed by atoms with van der Waals surface area (Å²) in [5.74, 6) is 1.80. The molecule has 0 saturated carbocycles. The van der Waals surface area contributed by atoms with Gasteiger partial charge in [-0.05, 0) is 79.5 Å². The highest BCUT2D eigenvalue weighted by Crippen LogP contribution is 2.34. The molecule has 1 unspecified atom stereocenters. The quantitative estimate of drug-likeness (QED) is 0.239. The van der Waals surface area contributed by atoms with Crippen molar-refractivity contribution in [3.8, 4) is 11.5 Å². The smallest absolute Gasteiger partial charge is 0.417 e. The zero-order valence-electron chi connectivity index (χ0n) is 22.1. The highest BCUT2D eigenvalue weighted by atomic mass is 19.4. The Hall–Kier alpha value is -3.59. The summed E-state index contributed by atoms with van der Waals surface area (Å²) in [6, 6.07) is 13.9. The summed E-state index contributed by atoms with van der Waals surface area (Å²) in [6.45, 7) is 5.66. The number of hydrogen-bond acceptors (Lipinski definition) is 6. The van der Waals surface area contributed by atoms with Gasteiger partial charge >= 0.3 is 6.18 Å². The number of nitrogens with zero attached hydrogens (tertiary/aromatic N) is 3. The topological polar surface area (TPSA) is 88.4 Å². The molecule has 5 rings (SSSR count). The molecule has 1 fully saturated rings. The van der Waals surface area contributed by atoms with Crippen LogP contribution in [0.15, 0.2) is 59.1 Å². The number of aliphatic hydroxyl groups excluding tert-OH is 1. The Labute approximate surface area is 225 Å². The van der Waals surface area contributed by atoms with Crippen LogP contribution in [0.25, 0.3) is 22.6 Å². The van der Waals surface area contributed by atoms with Crippen LogP contribution in [-0.4, -0.2) is 28.2 Å². The molecule has 0 bridgehead atoms. The Morgan fingerprint density at radius 1 is 1.08 bits per heavy atom. The number of anilines is 2. The van der Waals surface area contributed by atoms with E-state index < -0.39 is 17.8 Å². The number of alkyl halides is 3. The van der Waals surface area contributed by atoms with Crippen molar-refractivity contribution in [3.63, 3.8) is 0 Å². The number of nitrogen functional groups attached to an aromatic ring is 1. The van der Waals surface area contributed by atoms with E-state index >= 15 is 0 Å². The van der Waals surface area contributed by atoms with Crippen molar-refractivity contribution in [3.05, 3.63) is 71.4 Å². The van der Waals surface area contributed by atoms with E-state index in [2.05, 4.69) is 23.8 Å². The van der Waals surface area contributed by atoms with Crippen LogP contribution >= 0.6 is 0 Å². The molecule has 4 aromatic rings. The molecule has 206 valence electrons. The summed E-state index contributed by atoms with van der Waals surface area (Å²) in [5.41, 5.74) is 10.2. The molecule has 1 atom stereocenters. The third-order valence-corrected chi connectivity index (χ3v) is 7.57. The standard InChI is InChI=1S/C30H33F3N4O2/c1-18(2)24-15-23(34)16-25-28(24)39-29(36-25)21-6-4-20(5-7-21)26(38)9-3-19-11-13-37(14-12-19)27-10-8-22(17-35-27)30(31,32)33/h4-8,10,15-19,26,38H,3,9,11-14,34H2,1-2H3. The molecular formula is C30H33F3N4O2. The number of oxazole rings is 1. The number of pyridine rings is 1. The van der Waals surface area contributed by atoms with Gasteiger partial charge in [-0.3, -0.25) is 0 Å². The van der Waals surface area contributed by atoms with Gasteiger partial charge in [0.2, 0.25) is 5.89 Å². The molecule has 1 aliphatic heterocycles. The van der Waals surface area contributed by atoms with E-state index in [-0.39, 0.29) is 5.92 Å². The van der Waals surface area contributed by atoms with Gasteiger partial charge < -0.3 is 20.2 Å². The molecule has 39 heavy (non-hydrogen) atoms. The molecule has 9 heteroatoms. The number of piperidine rings is 1. The second-order valence-electron chi connectivity index (χ2n) is 10.7. The minimum Gasteiger partial charge on any atom is -0.436 e. The predicted octanol–water partition coefficient (Wildman–Crippen LogP) is 7.34. The Morgan fingerprint density at radius 3 is 2.41 bits per heavy atom. The molecule has 0 amide bonds. The Bertz CT molecular complexity index is 1410.